The second kappa shape index (κ2) is 8.03. The highest BCUT2D eigenvalue weighted by Crippen LogP contribution is 2.32. The number of H-pyrrole nitrogens is 1. The van der Waals surface area contributed by atoms with Crippen molar-refractivity contribution in [3.8, 4) is 11.5 Å². The molecule has 0 bridgehead atoms. The number of fused-ring (bicyclic) bond motifs is 1. The smallest absolute Gasteiger partial charge is 0.319 e. The molecule has 2 amide bonds. The first kappa shape index (κ1) is 18.6. The lowest BCUT2D eigenvalue weighted by molar-refractivity contribution is 0.244. The Balaban J connectivity index is 1.80. The normalized spacial score (nSPS) is 12.0. The number of anilines is 1. The fourth-order valence-corrected chi connectivity index (χ4v) is 3.18. The molecule has 2 aromatic carbocycles. The molecule has 1 atom stereocenters. The Hall–Kier alpha value is -3.15. The first-order chi connectivity index (χ1) is 13.0. The van der Waals surface area contributed by atoms with Crippen LogP contribution in [-0.4, -0.2) is 25.2 Å². The number of methoxy groups -OCH3 is 2. The number of amides is 2. The summed E-state index contributed by atoms with van der Waals surface area (Å²) in [4.78, 5) is 15.8. The molecule has 3 rings (SSSR count). The minimum absolute atomic E-state index is 0.171. The van der Waals surface area contributed by atoms with Crippen LogP contribution in [0, 0.1) is 5.92 Å². The maximum absolute atomic E-state index is 12.7. The molecule has 0 aliphatic carbocycles. The second-order valence-electron chi connectivity index (χ2n) is 6.68. The summed E-state index contributed by atoms with van der Waals surface area (Å²) in [5.41, 5.74) is 2.70. The lowest BCUT2D eigenvalue weighted by atomic mass is 9.96. The highest BCUT2D eigenvalue weighted by Gasteiger charge is 2.20. The topological polar surface area (TPSA) is 75.4 Å². The van der Waals surface area contributed by atoms with Gasteiger partial charge in [-0.3, -0.25) is 0 Å². The van der Waals surface area contributed by atoms with E-state index in [0.29, 0.717) is 11.5 Å². The van der Waals surface area contributed by atoms with E-state index in [1.54, 1.807) is 14.2 Å². The van der Waals surface area contributed by atoms with Crippen LogP contribution in [0.3, 0.4) is 0 Å². The summed E-state index contributed by atoms with van der Waals surface area (Å²) < 4.78 is 10.7. The average molecular weight is 367 g/mol. The van der Waals surface area contributed by atoms with Gasteiger partial charge < -0.3 is 25.1 Å². The number of ether oxygens (including phenoxy) is 2. The molecule has 142 valence electrons. The molecule has 0 radical (unpaired) electrons. The molecule has 0 saturated carbocycles. The number of rotatable bonds is 6. The van der Waals surface area contributed by atoms with Crippen molar-refractivity contribution in [1.82, 2.24) is 10.3 Å². The molecule has 3 N–H and O–H groups in total. The molecule has 6 heteroatoms. The molecular formula is C21H25N3O3. The Bertz CT molecular complexity index is 933. The molecule has 1 heterocycles. The maximum Gasteiger partial charge on any atom is 0.319 e. The predicted molar refractivity (Wildman–Crippen MR) is 108 cm³/mol. The number of aromatic nitrogens is 1. The van der Waals surface area contributed by atoms with E-state index < -0.39 is 0 Å². The van der Waals surface area contributed by atoms with Crippen LogP contribution in [0.2, 0.25) is 0 Å². The van der Waals surface area contributed by atoms with Gasteiger partial charge in [0.25, 0.3) is 0 Å². The summed E-state index contributed by atoms with van der Waals surface area (Å²) in [6.07, 6.45) is 1.86. The van der Waals surface area contributed by atoms with Crippen LogP contribution in [0.5, 0.6) is 11.5 Å². The van der Waals surface area contributed by atoms with Gasteiger partial charge in [0.05, 0.1) is 25.9 Å². The molecule has 0 unspecified atom stereocenters. The minimum atomic E-state index is -0.253. The molecule has 0 spiro atoms. The fourth-order valence-electron chi connectivity index (χ4n) is 3.18. The van der Waals surface area contributed by atoms with Gasteiger partial charge in [0, 0.05) is 17.1 Å². The standard InChI is InChI=1S/C21H25N3O3/c1-13(2)20(14-8-9-18(26-3)19(12-14)27-4)24-21(25)23-17-7-5-6-16-15(17)10-11-22-16/h5-13,20,22H,1-4H3,(H2,23,24,25)/t20-/m1/s1. The number of benzene rings is 2. The van der Waals surface area contributed by atoms with Gasteiger partial charge in [-0.2, -0.15) is 0 Å². The number of carbonyl (C=O) groups is 1. The number of hydrogen-bond donors (Lipinski definition) is 3. The number of aromatic amines is 1. The Kier molecular flexibility index (Phi) is 5.54. The predicted octanol–water partition coefficient (Wildman–Crippen LogP) is 4.70. The number of hydrogen-bond acceptors (Lipinski definition) is 3. The van der Waals surface area contributed by atoms with Gasteiger partial charge in [0.2, 0.25) is 0 Å². The molecule has 1 aromatic heterocycles. The number of carbonyl (C=O) groups excluding carboxylic acids is 1. The third-order valence-electron chi connectivity index (χ3n) is 4.56. The first-order valence-corrected chi connectivity index (χ1v) is 8.89. The van der Waals surface area contributed by atoms with E-state index in [4.69, 9.17) is 9.47 Å². The number of nitrogens with one attached hydrogen (secondary N) is 3. The largest absolute Gasteiger partial charge is 0.493 e. The minimum Gasteiger partial charge on any atom is -0.493 e. The quantitative estimate of drug-likeness (QED) is 0.591. The zero-order chi connectivity index (χ0) is 19.4. The van der Waals surface area contributed by atoms with E-state index in [1.807, 2.05) is 48.7 Å². The van der Waals surface area contributed by atoms with Crippen molar-refractivity contribution in [2.24, 2.45) is 5.92 Å². The van der Waals surface area contributed by atoms with Crippen molar-refractivity contribution < 1.29 is 14.3 Å². The van der Waals surface area contributed by atoms with Crippen molar-refractivity contribution in [3.05, 3.63) is 54.2 Å². The molecule has 0 saturated heterocycles. The first-order valence-electron chi connectivity index (χ1n) is 8.89. The van der Waals surface area contributed by atoms with Crippen LogP contribution in [0.25, 0.3) is 10.9 Å². The molecule has 6 nitrogen and oxygen atoms in total. The SMILES string of the molecule is COc1ccc([C@H](NC(=O)Nc2cccc3[nH]ccc23)C(C)C)cc1OC. The molecule has 0 aliphatic rings. The van der Waals surface area contributed by atoms with Crippen LogP contribution in [0.4, 0.5) is 10.5 Å². The van der Waals surface area contributed by atoms with Gasteiger partial charge in [0.1, 0.15) is 0 Å². The van der Waals surface area contributed by atoms with Crippen LogP contribution in [-0.2, 0) is 0 Å². The van der Waals surface area contributed by atoms with Crippen molar-refractivity contribution >= 4 is 22.6 Å². The molecule has 3 aromatic rings. The van der Waals surface area contributed by atoms with E-state index in [9.17, 15) is 4.79 Å². The monoisotopic (exact) mass is 367 g/mol. The van der Waals surface area contributed by atoms with Crippen LogP contribution in [0.1, 0.15) is 25.5 Å². The van der Waals surface area contributed by atoms with E-state index in [1.165, 1.54) is 0 Å². The van der Waals surface area contributed by atoms with Gasteiger partial charge in [-0.05, 0) is 41.8 Å². The summed E-state index contributed by atoms with van der Waals surface area (Å²) >= 11 is 0. The maximum atomic E-state index is 12.7. The van der Waals surface area contributed by atoms with Crippen molar-refractivity contribution in [1.29, 1.82) is 0 Å². The van der Waals surface area contributed by atoms with Gasteiger partial charge in [-0.15, -0.1) is 0 Å². The van der Waals surface area contributed by atoms with Gasteiger partial charge in [0.15, 0.2) is 11.5 Å². The Morgan fingerprint density at radius 1 is 1.04 bits per heavy atom. The summed E-state index contributed by atoms with van der Waals surface area (Å²) in [7, 11) is 3.20. The highest BCUT2D eigenvalue weighted by molar-refractivity contribution is 6.00. The van der Waals surface area contributed by atoms with Crippen molar-refractivity contribution in [2.75, 3.05) is 19.5 Å². The summed E-state index contributed by atoms with van der Waals surface area (Å²) in [6.45, 7) is 4.13. The van der Waals surface area contributed by atoms with Crippen molar-refractivity contribution in [2.45, 2.75) is 19.9 Å². The Morgan fingerprint density at radius 2 is 1.81 bits per heavy atom. The van der Waals surface area contributed by atoms with E-state index in [0.717, 1.165) is 22.2 Å². The second-order valence-corrected chi connectivity index (χ2v) is 6.68. The Labute approximate surface area is 158 Å². The summed E-state index contributed by atoms with van der Waals surface area (Å²) in [6, 6.07) is 13.0. The summed E-state index contributed by atoms with van der Waals surface area (Å²) in [5, 5.41) is 6.99. The van der Waals surface area contributed by atoms with Crippen molar-refractivity contribution in [3.63, 3.8) is 0 Å². The highest BCUT2D eigenvalue weighted by atomic mass is 16.5. The third-order valence-corrected chi connectivity index (χ3v) is 4.56. The summed E-state index contributed by atoms with van der Waals surface area (Å²) in [5.74, 6) is 1.49. The van der Waals surface area contributed by atoms with Crippen LogP contribution < -0.4 is 20.1 Å². The van der Waals surface area contributed by atoms with E-state index >= 15 is 0 Å². The third kappa shape index (κ3) is 4.00. The number of urea groups is 1. The molecule has 0 fully saturated rings. The molecule has 0 aliphatic heterocycles. The van der Waals surface area contributed by atoms with E-state index in [2.05, 4.69) is 29.5 Å². The van der Waals surface area contributed by atoms with Gasteiger partial charge in [-0.25, -0.2) is 4.79 Å². The fraction of sp³-hybridized carbons (Fsp3) is 0.286. The van der Waals surface area contributed by atoms with Gasteiger partial charge in [-0.1, -0.05) is 26.0 Å². The lowest BCUT2D eigenvalue weighted by Crippen LogP contribution is -2.35. The lowest BCUT2D eigenvalue weighted by Gasteiger charge is -2.24. The molecule has 27 heavy (non-hydrogen) atoms. The van der Waals surface area contributed by atoms with E-state index in [-0.39, 0.29) is 18.0 Å². The van der Waals surface area contributed by atoms with Crippen LogP contribution >= 0.6 is 0 Å². The molecular weight excluding hydrogens is 342 g/mol. The zero-order valence-electron chi connectivity index (χ0n) is 16.0. The Morgan fingerprint density at radius 3 is 2.52 bits per heavy atom. The average Bonchev–Trinajstić information content (AvgIpc) is 3.15. The van der Waals surface area contributed by atoms with Crippen LogP contribution in [0.15, 0.2) is 48.7 Å². The zero-order valence-corrected chi connectivity index (χ0v) is 16.0. The van der Waals surface area contributed by atoms with Gasteiger partial charge >= 0.3 is 6.03 Å².